The largest absolute Gasteiger partial charge is 0.363 e. The van der Waals surface area contributed by atoms with Crippen LogP contribution in [0.25, 0.3) is 10.1 Å². The van der Waals surface area contributed by atoms with Gasteiger partial charge in [-0.25, -0.2) is 4.39 Å². The number of thiophene rings is 1. The van der Waals surface area contributed by atoms with E-state index < -0.39 is 37.0 Å². The summed E-state index contributed by atoms with van der Waals surface area (Å²) in [5.74, 6) is -3.87. The van der Waals surface area contributed by atoms with Gasteiger partial charge in [-0.2, -0.15) is 5.26 Å². The minimum absolute atomic E-state index is 0.111. The Kier molecular flexibility index (Phi) is 8.20. The highest BCUT2D eigenvalue weighted by atomic mass is 32.1. The van der Waals surface area contributed by atoms with Gasteiger partial charge in [-0.15, -0.1) is 11.3 Å². The van der Waals surface area contributed by atoms with E-state index in [4.69, 9.17) is 0 Å². The van der Waals surface area contributed by atoms with Gasteiger partial charge in [-0.05, 0) is 79.3 Å². The van der Waals surface area contributed by atoms with Crippen LogP contribution in [-0.2, 0) is 14.2 Å². The Morgan fingerprint density at radius 1 is 1.15 bits per heavy atom. The molecule has 1 aromatic carbocycles. The molecular weight excluding hydrogens is 644 g/mol. The monoisotopic (exact) mass is 679 g/mol. The minimum Gasteiger partial charge on any atom is -0.340 e. The van der Waals surface area contributed by atoms with Crippen molar-refractivity contribution in [3.05, 3.63) is 64.8 Å². The Labute approximate surface area is 274 Å². The van der Waals surface area contributed by atoms with Crippen LogP contribution < -0.4 is 5.32 Å². The van der Waals surface area contributed by atoms with Crippen LogP contribution in [0.15, 0.2) is 48.8 Å². The summed E-state index contributed by atoms with van der Waals surface area (Å²) in [6, 6.07) is 10.3. The number of hydrogen-bond acceptors (Lipinski definition) is 7. The van der Waals surface area contributed by atoms with Gasteiger partial charge in [-0.3, -0.25) is 23.9 Å². The zero-order chi connectivity index (χ0) is 33.1. The van der Waals surface area contributed by atoms with Gasteiger partial charge in [0.15, 0.2) is 0 Å². The van der Waals surface area contributed by atoms with Gasteiger partial charge in [-0.1, -0.05) is 25.0 Å². The van der Waals surface area contributed by atoms with E-state index in [1.165, 1.54) is 24.3 Å². The molecule has 4 fully saturated rings. The molecule has 6 atom stereocenters. The first-order valence-electron chi connectivity index (χ1n) is 16.0. The van der Waals surface area contributed by atoms with E-state index >= 15 is 0 Å². The molecule has 3 saturated heterocycles. The number of fused-ring (bicyclic) bond motifs is 2. The average molecular weight is 680 g/mol. The smallest absolute Gasteiger partial charge is 0.340 e. The maximum absolute atomic E-state index is 14.4. The minimum atomic E-state index is -4.99. The molecule has 3 N–H and O–H groups in total. The van der Waals surface area contributed by atoms with E-state index in [0.717, 1.165) is 49.0 Å². The molecule has 7 rings (SSSR count). The van der Waals surface area contributed by atoms with Crippen LogP contribution in [0.2, 0.25) is 0 Å². The normalized spacial score (nSPS) is 27.6. The molecule has 14 heteroatoms. The molecular formula is C33H35FN5O6PS. The zero-order valence-corrected chi connectivity index (χ0v) is 27.2. The van der Waals surface area contributed by atoms with Crippen molar-refractivity contribution >= 4 is 46.7 Å². The number of carbonyl (C=O) groups is 3. The van der Waals surface area contributed by atoms with Crippen LogP contribution in [0.5, 0.6) is 0 Å². The lowest BCUT2D eigenvalue weighted by Gasteiger charge is -2.37. The lowest BCUT2D eigenvalue weighted by molar-refractivity contribution is -0.148. The fourth-order valence-corrected chi connectivity index (χ4v) is 9.48. The molecule has 3 aliphatic heterocycles. The number of nitrogens with one attached hydrogen (secondary N) is 1. The van der Waals surface area contributed by atoms with E-state index in [2.05, 4.69) is 16.4 Å². The van der Waals surface area contributed by atoms with Crippen molar-refractivity contribution in [2.45, 2.75) is 86.9 Å². The molecule has 3 amide bonds. The van der Waals surface area contributed by atoms with Crippen LogP contribution in [0.4, 0.5) is 4.39 Å². The van der Waals surface area contributed by atoms with E-state index in [0.29, 0.717) is 35.9 Å². The number of halogens is 1. The predicted octanol–water partition coefficient (Wildman–Crippen LogP) is 4.77. The van der Waals surface area contributed by atoms with Crippen molar-refractivity contribution < 1.29 is 33.1 Å². The van der Waals surface area contributed by atoms with Crippen molar-refractivity contribution in [2.24, 2.45) is 5.92 Å². The molecule has 5 heterocycles. The summed E-state index contributed by atoms with van der Waals surface area (Å²) >= 11 is 1.14. The summed E-state index contributed by atoms with van der Waals surface area (Å²) in [5, 5.41) is 13.6. The van der Waals surface area contributed by atoms with E-state index in [-0.39, 0.29) is 40.1 Å². The second-order valence-corrected chi connectivity index (χ2v) is 15.9. The Morgan fingerprint density at radius 2 is 1.94 bits per heavy atom. The van der Waals surface area contributed by atoms with Gasteiger partial charge in [0.25, 0.3) is 5.91 Å². The summed E-state index contributed by atoms with van der Waals surface area (Å²) in [7, 11) is -4.99. The molecule has 4 aliphatic rings. The van der Waals surface area contributed by atoms with Crippen molar-refractivity contribution in [3.63, 3.8) is 0 Å². The van der Waals surface area contributed by atoms with Gasteiger partial charge in [0.05, 0.1) is 22.4 Å². The lowest BCUT2D eigenvalue weighted by atomic mass is 9.85. The summed E-state index contributed by atoms with van der Waals surface area (Å²) in [6.45, 7) is 0.400. The highest BCUT2D eigenvalue weighted by molar-refractivity contribution is 7.51. The Hall–Kier alpha value is -3.69. The molecule has 246 valence electrons. The number of alkyl halides is 1. The number of rotatable bonds is 6. The molecule has 2 aromatic heterocycles. The number of pyridine rings is 1. The van der Waals surface area contributed by atoms with Crippen LogP contribution in [0, 0.1) is 17.2 Å². The van der Waals surface area contributed by atoms with E-state index in [9.17, 15) is 38.4 Å². The van der Waals surface area contributed by atoms with Gasteiger partial charge >= 0.3 is 7.60 Å². The highest BCUT2D eigenvalue weighted by Crippen LogP contribution is 2.58. The fourth-order valence-electron chi connectivity index (χ4n) is 7.98. The average Bonchev–Trinajstić information content (AvgIpc) is 3.40. The highest BCUT2D eigenvalue weighted by Gasteiger charge is 2.64. The maximum Gasteiger partial charge on any atom is 0.363 e. The topological polar surface area (TPSA) is 164 Å². The number of benzene rings is 1. The van der Waals surface area contributed by atoms with Crippen LogP contribution in [-0.4, -0.2) is 72.5 Å². The summed E-state index contributed by atoms with van der Waals surface area (Å²) in [4.78, 5) is 68.6. The third-order valence-corrected chi connectivity index (χ3v) is 12.4. The number of nitriles is 1. The lowest BCUT2D eigenvalue weighted by Crippen LogP contribution is -2.57. The van der Waals surface area contributed by atoms with Crippen molar-refractivity contribution in [1.82, 2.24) is 20.1 Å². The quantitative estimate of drug-likeness (QED) is 0.314. The van der Waals surface area contributed by atoms with E-state index in [1.807, 2.05) is 17.0 Å². The van der Waals surface area contributed by atoms with Crippen LogP contribution in [0.1, 0.15) is 84.0 Å². The number of nitrogens with zero attached hydrogens (tertiary/aromatic N) is 4. The molecule has 1 unspecified atom stereocenters. The molecule has 47 heavy (non-hydrogen) atoms. The Balaban J connectivity index is 1.11. The van der Waals surface area contributed by atoms with E-state index in [1.54, 1.807) is 17.3 Å². The number of aromatic nitrogens is 1. The summed E-state index contributed by atoms with van der Waals surface area (Å²) in [5.41, 5.74) is 0.220. The zero-order valence-electron chi connectivity index (χ0n) is 25.5. The predicted molar refractivity (Wildman–Crippen MR) is 171 cm³/mol. The molecule has 1 aliphatic carbocycles. The molecule has 0 radical (unpaired) electrons. The third-order valence-electron chi connectivity index (χ3n) is 10.4. The van der Waals surface area contributed by atoms with Crippen molar-refractivity contribution in [2.75, 3.05) is 6.54 Å². The Morgan fingerprint density at radius 3 is 2.64 bits per heavy atom. The van der Waals surface area contributed by atoms with Gasteiger partial charge in [0.1, 0.15) is 12.1 Å². The van der Waals surface area contributed by atoms with Crippen LogP contribution in [0.3, 0.4) is 0 Å². The number of amides is 3. The van der Waals surface area contributed by atoms with Gasteiger partial charge < -0.3 is 24.9 Å². The number of likely N-dealkylation sites (tertiary alicyclic amines) is 1. The maximum atomic E-state index is 14.4. The molecule has 0 bridgehead atoms. The van der Waals surface area contributed by atoms with Crippen LogP contribution >= 0.6 is 18.9 Å². The molecule has 11 nitrogen and oxygen atoms in total. The second kappa shape index (κ2) is 12.1. The number of carbonyl (C=O) groups excluding carboxylic acids is 3. The standard InChI is InChI=1S/C33H35FN5O6PS/c34-29(46(43,44)45)19-7-10-27-21(14-19)15-28(47-27)30(40)37-25-6-2-1-5-22-8-9-26(39(22)31(25)41)32(42)38-18-23(20-4-3-13-36-17-20)24(16-35)33(38)11-12-33/h3-4,7,10,13-15,17,22-26,29H,1-2,5-6,8-9,11-12,18H2,(H,37,40)(H2,43,44,45)/t22-,23+,24+,25?,26-,29+/m0/s1. The second-order valence-electron chi connectivity index (χ2n) is 13.2. The summed E-state index contributed by atoms with van der Waals surface area (Å²) < 4.78 is 26.4. The Bertz CT molecular complexity index is 1820. The third kappa shape index (κ3) is 5.65. The van der Waals surface area contributed by atoms with Crippen molar-refractivity contribution in [1.29, 1.82) is 5.26 Å². The number of hydrogen-bond donors (Lipinski definition) is 3. The van der Waals surface area contributed by atoms with Crippen molar-refractivity contribution in [3.8, 4) is 6.07 Å². The first-order valence-corrected chi connectivity index (χ1v) is 18.5. The summed E-state index contributed by atoms with van der Waals surface area (Å²) in [6.07, 6.45) is 8.95. The first kappa shape index (κ1) is 31.9. The fraction of sp³-hybridized carbons (Fsp3) is 0.485. The molecule has 1 spiro atoms. The van der Waals surface area contributed by atoms with Gasteiger partial charge in [0.2, 0.25) is 17.7 Å². The SMILES string of the molecule is N#C[C@@H]1[C@@H](c2cccnc2)CN(C(=O)[C@@H]2CC[C@@H]3CCCCC(NC(=O)c4cc5cc([C@H](F)P(=O)(O)O)ccc5s4)C(=O)N32)C12CC2. The first-order chi connectivity index (χ1) is 22.5. The molecule has 3 aromatic rings. The van der Waals surface area contributed by atoms with Gasteiger partial charge in [0, 0.05) is 35.6 Å². The molecule has 1 saturated carbocycles.